The lowest BCUT2D eigenvalue weighted by atomic mass is 9.95. The second kappa shape index (κ2) is 11.1. The van der Waals surface area contributed by atoms with Crippen LogP contribution in [0.4, 0.5) is 5.69 Å². The summed E-state index contributed by atoms with van der Waals surface area (Å²) in [6, 6.07) is 17.2. The third-order valence-electron chi connectivity index (χ3n) is 5.82. The lowest BCUT2D eigenvalue weighted by Crippen LogP contribution is -2.45. The largest absolute Gasteiger partial charge is 0.385 e. The van der Waals surface area contributed by atoms with E-state index in [1.807, 2.05) is 30.9 Å². The first-order valence-electron chi connectivity index (χ1n) is 11.4. The van der Waals surface area contributed by atoms with Gasteiger partial charge in [-0.15, -0.1) is 0 Å². The molecule has 1 fully saturated rings. The van der Waals surface area contributed by atoms with Crippen molar-refractivity contribution in [2.75, 3.05) is 51.1 Å². The Morgan fingerprint density at radius 2 is 1.73 bits per heavy atom. The Labute approximate surface area is 181 Å². The first kappa shape index (κ1) is 22.3. The van der Waals surface area contributed by atoms with Crippen molar-refractivity contribution in [3.05, 3.63) is 65.2 Å². The van der Waals surface area contributed by atoms with E-state index < -0.39 is 0 Å². The van der Waals surface area contributed by atoms with E-state index in [0.29, 0.717) is 0 Å². The summed E-state index contributed by atoms with van der Waals surface area (Å²) in [5, 5.41) is 6.97. The van der Waals surface area contributed by atoms with E-state index in [1.165, 1.54) is 16.8 Å². The maximum absolute atomic E-state index is 12.7. The molecule has 2 aromatic carbocycles. The van der Waals surface area contributed by atoms with Crippen LogP contribution >= 0.6 is 0 Å². The van der Waals surface area contributed by atoms with Gasteiger partial charge in [0.2, 0.25) is 0 Å². The van der Waals surface area contributed by atoms with Gasteiger partial charge in [0.1, 0.15) is 0 Å². The molecule has 1 atom stereocenters. The van der Waals surface area contributed by atoms with Crippen molar-refractivity contribution in [2.45, 2.75) is 33.2 Å². The summed E-state index contributed by atoms with van der Waals surface area (Å²) < 4.78 is 0. The molecule has 0 aliphatic carbocycles. The molecule has 5 heteroatoms. The number of piperazine rings is 1. The minimum Gasteiger partial charge on any atom is -0.385 e. The van der Waals surface area contributed by atoms with Crippen LogP contribution in [-0.2, 0) is 0 Å². The summed E-state index contributed by atoms with van der Waals surface area (Å²) in [7, 11) is 0. The molecule has 0 unspecified atom stereocenters. The highest BCUT2D eigenvalue weighted by molar-refractivity contribution is 5.94. The molecule has 0 saturated carbocycles. The number of hydrogen-bond donors (Lipinski definition) is 2. The normalized spacial score (nSPS) is 15.6. The third-order valence-corrected chi connectivity index (χ3v) is 5.82. The Balaban J connectivity index is 1.90. The van der Waals surface area contributed by atoms with Crippen molar-refractivity contribution < 1.29 is 4.79 Å². The minimum absolute atomic E-state index is 0.107. The van der Waals surface area contributed by atoms with Crippen LogP contribution in [0.1, 0.15) is 54.7 Å². The molecule has 1 aliphatic heterocycles. The molecule has 0 radical (unpaired) electrons. The van der Waals surface area contributed by atoms with Crippen molar-refractivity contribution >= 4 is 11.6 Å². The van der Waals surface area contributed by atoms with E-state index in [1.54, 1.807) is 0 Å². The summed E-state index contributed by atoms with van der Waals surface area (Å²) in [5.74, 6) is 0.107. The summed E-state index contributed by atoms with van der Waals surface area (Å²) in [6.45, 7) is 12.7. The summed E-state index contributed by atoms with van der Waals surface area (Å²) in [5.41, 5.74) is 4.46. The number of anilines is 1. The number of nitrogens with zero attached hydrogens (tertiary/aromatic N) is 2. The molecule has 5 nitrogen and oxygen atoms in total. The molecule has 1 amide bonds. The van der Waals surface area contributed by atoms with E-state index >= 15 is 0 Å². The first-order valence-corrected chi connectivity index (χ1v) is 11.4. The second-order valence-electron chi connectivity index (χ2n) is 7.84. The second-order valence-corrected chi connectivity index (χ2v) is 7.84. The van der Waals surface area contributed by atoms with Crippen LogP contribution in [0, 0.1) is 0 Å². The van der Waals surface area contributed by atoms with Crippen LogP contribution in [-0.4, -0.2) is 61.5 Å². The number of benzene rings is 2. The average Bonchev–Trinajstić information content (AvgIpc) is 2.80. The number of carbonyl (C=O) groups is 1. The van der Waals surface area contributed by atoms with Gasteiger partial charge >= 0.3 is 0 Å². The van der Waals surface area contributed by atoms with Gasteiger partial charge in [0, 0.05) is 57.1 Å². The van der Waals surface area contributed by atoms with Gasteiger partial charge in [-0.3, -0.25) is 9.69 Å². The fourth-order valence-corrected chi connectivity index (χ4v) is 4.14. The molecule has 1 heterocycles. The van der Waals surface area contributed by atoms with Gasteiger partial charge in [-0.1, -0.05) is 31.2 Å². The molecule has 1 saturated heterocycles. The topological polar surface area (TPSA) is 47.6 Å². The predicted octanol–water partition coefficient (Wildman–Crippen LogP) is 3.99. The van der Waals surface area contributed by atoms with Gasteiger partial charge in [-0.25, -0.2) is 0 Å². The number of carbonyl (C=O) groups excluding carboxylic acids is 1. The quantitative estimate of drug-likeness (QED) is 0.659. The molecular weight excluding hydrogens is 372 g/mol. The van der Waals surface area contributed by atoms with Crippen molar-refractivity contribution in [1.29, 1.82) is 0 Å². The molecular formula is C25H36N4O. The molecule has 3 rings (SSSR count). The van der Waals surface area contributed by atoms with Crippen LogP contribution in [0.5, 0.6) is 0 Å². The highest BCUT2D eigenvalue weighted by Crippen LogP contribution is 2.31. The Bertz CT molecular complexity index is 795. The first-order chi connectivity index (χ1) is 14.7. The molecule has 1 aliphatic rings. The summed E-state index contributed by atoms with van der Waals surface area (Å²) in [4.78, 5) is 17.1. The zero-order chi connectivity index (χ0) is 21.3. The van der Waals surface area contributed by atoms with Crippen LogP contribution in [0.25, 0.3) is 0 Å². The number of nitrogens with one attached hydrogen (secondary N) is 2. The van der Waals surface area contributed by atoms with E-state index in [0.717, 1.165) is 57.8 Å². The van der Waals surface area contributed by atoms with Crippen LogP contribution in [0.2, 0.25) is 0 Å². The molecule has 0 aromatic heterocycles. The lowest BCUT2D eigenvalue weighted by molar-refractivity contribution is 0.0773. The third kappa shape index (κ3) is 5.41. The summed E-state index contributed by atoms with van der Waals surface area (Å²) >= 11 is 0. The Hall–Kier alpha value is -2.37. The van der Waals surface area contributed by atoms with Crippen molar-refractivity contribution in [1.82, 2.24) is 15.1 Å². The molecule has 0 spiro atoms. The SMILES string of the molecule is CCCNc1cccc([C@@H](c2ccc(C(=O)N(CC)CC)cc2)N2CCNCC2)c1. The van der Waals surface area contributed by atoms with Gasteiger partial charge in [-0.2, -0.15) is 0 Å². The fraction of sp³-hybridized carbons (Fsp3) is 0.480. The fourth-order valence-electron chi connectivity index (χ4n) is 4.14. The van der Waals surface area contributed by atoms with E-state index in [-0.39, 0.29) is 11.9 Å². The van der Waals surface area contributed by atoms with Gasteiger partial charge < -0.3 is 15.5 Å². The van der Waals surface area contributed by atoms with Gasteiger partial charge in [-0.05, 0) is 55.7 Å². The average molecular weight is 409 g/mol. The van der Waals surface area contributed by atoms with Crippen LogP contribution in [0.15, 0.2) is 48.5 Å². The summed E-state index contributed by atoms with van der Waals surface area (Å²) in [6.07, 6.45) is 1.10. The maximum atomic E-state index is 12.7. The smallest absolute Gasteiger partial charge is 0.253 e. The molecule has 30 heavy (non-hydrogen) atoms. The van der Waals surface area contributed by atoms with Crippen molar-refractivity contribution in [3.63, 3.8) is 0 Å². The highest BCUT2D eigenvalue weighted by Gasteiger charge is 2.24. The maximum Gasteiger partial charge on any atom is 0.253 e. The lowest BCUT2D eigenvalue weighted by Gasteiger charge is -2.36. The molecule has 2 aromatic rings. The number of hydrogen-bond acceptors (Lipinski definition) is 4. The standard InChI is InChI=1S/C25H36N4O/c1-4-14-27-23-9-7-8-22(19-23)24(29-17-15-26-16-18-29)20-10-12-21(13-11-20)25(30)28(5-2)6-3/h7-13,19,24,26-27H,4-6,14-18H2,1-3H3/t24-/m1/s1. The number of amides is 1. The van der Waals surface area contributed by atoms with Crippen LogP contribution in [0.3, 0.4) is 0 Å². The van der Waals surface area contributed by atoms with E-state index in [2.05, 4.69) is 58.9 Å². The van der Waals surface area contributed by atoms with Gasteiger partial charge in [0.25, 0.3) is 5.91 Å². The highest BCUT2D eigenvalue weighted by atomic mass is 16.2. The predicted molar refractivity (Wildman–Crippen MR) is 125 cm³/mol. The zero-order valence-electron chi connectivity index (χ0n) is 18.7. The zero-order valence-corrected chi connectivity index (χ0v) is 18.7. The van der Waals surface area contributed by atoms with Crippen molar-refractivity contribution in [3.8, 4) is 0 Å². The Morgan fingerprint density at radius 3 is 2.37 bits per heavy atom. The molecule has 162 valence electrons. The molecule has 2 N–H and O–H groups in total. The van der Waals surface area contributed by atoms with Gasteiger partial charge in [0.15, 0.2) is 0 Å². The van der Waals surface area contributed by atoms with E-state index in [4.69, 9.17) is 0 Å². The minimum atomic E-state index is 0.107. The molecule has 0 bridgehead atoms. The van der Waals surface area contributed by atoms with Gasteiger partial charge in [0.05, 0.1) is 6.04 Å². The van der Waals surface area contributed by atoms with Crippen molar-refractivity contribution in [2.24, 2.45) is 0 Å². The number of rotatable bonds is 9. The van der Waals surface area contributed by atoms with Crippen LogP contribution < -0.4 is 10.6 Å². The Morgan fingerprint density at radius 1 is 1.03 bits per heavy atom. The Kier molecular flexibility index (Phi) is 8.29. The monoisotopic (exact) mass is 408 g/mol. The van der Waals surface area contributed by atoms with E-state index in [9.17, 15) is 4.79 Å².